The molecule has 7 heteroatoms. The summed E-state index contributed by atoms with van der Waals surface area (Å²) in [5.41, 5.74) is 1.26. The maximum Gasteiger partial charge on any atom is 0.278 e. The second-order valence-electron chi connectivity index (χ2n) is 3.25. The summed E-state index contributed by atoms with van der Waals surface area (Å²) in [4.78, 5) is 25.9. The maximum absolute atomic E-state index is 13.6. The maximum atomic E-state index is 13.6. The molecule has 0 radical (unpaired) electrons. The van der Waals surface area contributed by atoms with Crippen molar-refractivity contribution in [3.63, 3.8) is 0 Å². The lowest BCUT2D eigenvalue weighted by atomic mass is 10.1. The molecule has 17 heavy (non-hydrogen) atoms. The highest BCUT2D eigenvalue weighted by atomic mass is 19.1. The van der Waals surface area contributed by atoms with Gasteiger partial charge in [-0.25, -0.2) is 9.87 Å². The zero-order valence-corrected chi connectivity index (χ0v) is 9.32. The highest BCUT2D eigenvalue weighted by Gasteiger charge is 2.19. The molecule has 0 aliphatic carbocycles. The molecule has 1 aromatic carbocycles. The number of carbonyl (C=O) groups is 1. The van der Waals surface area contributed by atoms with Gasteiger partial charge in [-0.2, -0.15) is 0 Å². The van der Waals surface area contributed by atoms with E-state index in [-0.39, 0.29) is 17.9 Å². The summed E-state index contributed by atoms with van der Waals surface area (Å²) < 4.78 is 13.6. The number of hydrogen-bond acceptors (Lipinski definition) is 4. The summed E-state index contributed by atoms with van der Waals surface area (Å²) in [6.45, 7) is 3.19. The second-order valence-corrected chi connectivity index (χ2v) is 3.25. The Kier molecular flexibility index (Phi) is 4.11. The standard InChI is InChI=1S/C10H11FN2O4/c1-3-17-12-10(14)8-5-7(13(15)16)4-6(2)9(8)11/h4-5H,3H2,1-2H3,(H,12,14). The van der Waals surface area contributed by atoms with Crippen molar-refractivity contribution < 1.29 is 18.9 Å². The van der Waals surface area contributed by atoms with E-state index in [1.165, 1.54) is 6.92 Å². The van der Waals surface area contributed by atoms with Crippen molar-refractivity contribution >= 4 is 11.6 Å². The number of nitro groups is 1. The first-order chi connectivity index (χ1) is 7.97. The van der Waals surface area contributed by atoms with Crippen LogP contribution < -0.4 is 5.48 Å². The number of carbonyl (C=O) groups excluding carboxylic acids is 1. The third-order valence-corrected chi connectivity index (χ3v) is 2.00. The number of nitrogens with zero attached hydrogens (tertiary/aromatic N) is 1. The molecule has 1 amide bonds. The number of hydrogen-bond donors (Lipinski definition) is 1. The Morgan fingerprint density at radius 1 is 1.59 bits per heavy atom. The first kappa shape index (κ1) is 13.0. The molecule has 0 aliphatic rings. The Morgan fingerprint density at radius 3 is 2.76 bits per heavy atom. The van der Waals surface area contributed by atoms with E-state index in [4.69, 9.17) is 0 Å². The fourth-order valence-electron chi connectivity index (χ4n) is 1.21. The lowest BCUT2D eigenvalue weighted by Crippen LogP contribution is -2.25. The Hall–Kier alpha value is -2.02. The number of benzene rings is 1. The SMILES string of the molecule is CCONC(=O)c1cc([N+](=O)[O-])cc(C)c1F. The summed E-state index contributed by atoms with van der Waals surface area (Å²) in [5.74, 6) is -1.65. The van der Waals surface area contributed by atoms with E-state index in [9.17, 15) is 19.3 Å². The molecular weight excluding hydrogens is 231 g/mol. The van der Waals surface area contributed by atoms with Gasteiger partial charge in [0.05, 0.1) is 17.1 Å². The molecule has 0 bridgehead atoms. The van der Waals surface area contributed by atoms with Crippen molar-refractivity contribution in [3.05, 3.63) is 39.2 Å². The molecule has 6 nitrogen and oxygen atoms in total. The molecule has 0 unspecified atom stereocenters. The number of hydroxylamine groups is 1. The minimum Gasteiger partial charge on any atom is -0.274 e. The van der Waals surface area contributed by atoms with Gasteiger partial charge >= 0.3 is 0 Å². The minimum absolute atomic E-state index is 0.0286. The molecule has 0 aliphatic heterocycles. The van der Waals surface area contributed by atoms with Crippen LogP contribution in [0.1, 0.15) is 22.8 Å². The smallest absolute Gasteiger partial charge is 0.274 e. The van der Waals surface area contributed by atoms with E-state index in [2.05, 4.69) is 4.84 Å². The molecule has 0 heterocycles. The van der Waals surface area contributed by atoms with Gasteiger partial charge in [-0.15, -0.1) is 0 Å². The fourth-order valence-corrected chi connectivity index (χ4v) is 1.21. The van der Waals surface area contributed by atoms with Crippen LogP contribution in [0.15, 0.2) is 12.1 Å². The number of nitrogens with one attached hydrogen (secondary N) is 1. The lowest BCUT2D eigenvalue weighted by Gasteiger charge is -2.06. The topological polar surface area (TPSA) is 81.5 Å². The number of amides is 1. The van der Waals surface area contributed by atoms with Gasteiger partial charge in [0.25, 0.3) is 11.6 Å². The molecule has 0 atom stereocenters. The van der Waals surface area contributed by atoms with Gasteiger partial charge < -0.3 is 0 Å². The summed E-state index contributed by atoms with van der Waals surface area (Å²) in [7, 11) is 0. The third-order valence-electron chi connectivity index (χ3n) is 2.00. The molecule has 1 aromatic rings. The van der Waals surface area contributed by atoms with Crippen molar-refractivity contribution in [3.8, 4) is 0 Å². The van der Waals surface area contributed by atoms with Gasteiger partial charge in [-0.3, -0.25) is 19.7 Å². The number of aryl methyl sites for hydroxylation is 1. The van der Waals surface area contributed by atoms with Crippen LogP contribution in [0.5, 0.6) is 0 Å². The fraction of sp³-hybridized carbons (Fsp3) is 0.300. The Balaban J connectivity index is 3.13. The normalized spacial score (nSPS) is 10.1. The largest absolute Gasteiger partial charge is 0.278 e. The van der Waals surface area contributed by atoms with E-state index in [0.717, 1.165) is 12.1 Å². The molecule has 0 saturated heterocycles. The average molecular weight is 242 g/mol. The number of nitro benzene ring substituents is 1. The van der Waals surface area contributed by atoms with E-state index < -0.39 is 22.2 Å². The van der Waals surface area contributed by atoms with Crippen LogP contribution in [-0.2, 0) is 4.84 Å². The summed E-state index contributed by atoms with van der Waals surface area (Å²) in [6, 6.07) is 1.93. The average Bonchev–Trinajstić information content (AvgIpc) is 2.29. The van der Waals surface area contributed by atoms with Gasteiger partial charge in [0, 0.05) is 12.1 Å². The highest BCUT2D eigenvalue weighted by Crippen LogP contribution is 2.20. The Labute approximate surface area is 96.5 Å². The van der Waals surface area contributed by atoms with E-state index in [1.807, 2.05) is 5.48 Å². The van der Waals surface area contributed by atoms with Crippen molar-refractivity contribution in [2.45, 2.75) is 13.8 Å². The Morgan fingerprint density at radius 2 is 2.24 bits per heavy atom. The molecule has 0 spiro atoms. The molecule has 0 aromatic heterocycles. The molecule has 0 fully saturated rings. The predicted molar refractivity (Wildman–Crippen MR) is 56.9 cm³/mol. The number of rotatable bonds is 4. The predicted octanol–water partition coefficient (Wildman–Crippen LogP) is 1.72. The van der Waals surface area contributed by atoms with Crippen LogP contribution in [-0.4, -0.2) is 17.4 Å². The van der Waals surface area contributed by atoms with E-state index >= 15 is 0 Å². The molecule has 92 valence electrons. The van der Waals surface area contributed by atoms with Crippen molar-refractivity contribution in [2.75, 3.05) is 6.61 Å². The molecule has 1 rings (SSSR count). The summed E-state index contributed by atoms with van der Waals surface area (Å²) in [5, 5.41) is 10.6. The zero-order chi connectivity index (χ0) is 13.0. The summed E-state index contributed by atoms with van der Waals surface area (Å²) >= 11 is 0. The molecule has 1 N–H and O–H groups in total. The number of halogens is 1. The van der Waals surface area contributed by atoms with Gasteiger partial charge in [0.1, 0.15) is 5.82 Å². The van der Waals surface area contributed by atoms with Crippen molar-refractivity contribution in [1.82, 2.24) is 5.48 Å². The van der Waals surface area contributed by atoms with Crippen LogP contribution in [0.25, 0.3) is 0 Å². The van der Waals surface area contributed by atoms with Crippen molar-refractivity contribution in [1.29, 1.82) is 0 Å². The lowest BCUT2D eigenvalue weighted by molar-refractivity contribution is -0.385. The zero-order valence-electron chi connectivity index (χ0n) is 9.32. The van der Waals surface area contributed by atoms with Crippen LogP contribution in [0.2, 0.25) is 0 Å². The van der Waals surface area contributed by atoms with Crippen LogP contribution in [0.3, 0.4) is 0 Å². The third kappa shape index (κ3) is 2.97. The van der Waals surface area contributed by atoms with Crippen LogP contribution in [0.4, 0.5) is 10.1 Å². The first-order valence-electron chi connectivity index (χ1n) is 4.84. The second kappa shape index (κ2) is 5.35. The van der Waals surface area contributed by atoms with Crippen molar-refractivity contribution in [2.24, 2.45) is 0 Å². The summed E-state index contributed by atoms with van der Waals surface area (Å²) in [6.07, 6.45) is 0. The monoisotopic (exact) mass is 242 g/mol. The minimum atomic E-state index is -0.851. The molecule has 0 saturated carbocycles. The van der Waals surface area contributed by atoms with Crippen LogP contribution >= 0.6 is 0 Å². The quantitative estimate of drug-likeness (QED) is 0.643. The first-order valence-corrected chi connectivity index (χ1v) is 4.84. The van der Waals surface area contributed by atoms with Gasteiger partial charge in [-0.05, 0) is 19.4 Å². The number of non-ortho nitro benzene ring substituents is 1. The highest BCUT2D eigenvalue weighted by molar-refractivity contribution is 5.94. The van der Waals surface area contributed by atoms with Gasteiger partial charge in [0.2, 0.25) is 0 Å². The van der Waals surface area contributed by atoms with E-state index in [0.29, 0.717) is 0 Å². The van der Waals surface area contributed by atoms with Gasteiger partial charge in [0.15, 0.2) is 0 Å². The Bertz CT molecular complexity index is 462. The van der Waals surface area contributed by atoms with Crippen LogP contribution in [0, 0.1) is 22.9 Å². The van der Waals surface area contributed by atoms with Gasteiger partial charge in [-0.1, -0.05) is 0 Å². The molecular formula is C10H11FN2O4. The van der Waals surface area contributed by atoms with E-state index in [1.54, 1.807) is 6.92 Å².